The SMILES string of the molecule is C.CC(C(=O)Nc1nc2ccc(C#N)cc2n1C1CCC1)C(C)(C)C. The highest BCUT2D eigenvalue weighted by Gasteiger charge is 2.30. The molecule has 5 nitrogen and oxygen atoms in total. The summed E-state index contributed by atoms with van der Waals surface area (Å²) in [6.45, 7) is 8.13. The molecule has 0 saturated heterocycles. The Labute approximate surface area is 150 Å². The number of benzene rings is 1. The summed E-state index contributed by atoms with van der Waals surface area (Å²) >= 11 is 0. The van der Waals surface area contributed by atoms with Crippen molar-refractivity contribution in [3.63, 3.8) is 0 Å². The molecule has 1 N–H and O–H groups in total. The van der Waals surface area contributed by atoms with Crippen LogP contribution in [0.5, 0.6) is 0 Å². The maximum absolute atomic E-state index is 12.6. The number of carbonyl (C=O) groups is 1. The second kappa shape index (κ2) is 6.87. The number of anilines is 1. The Morgan fingerprint density at radius 3 is 2.60 bits per heavy atom. The molecule has 1 unspecified atom stereocenters. The third-order valence-electron chi connectivity index (χ3n) is 5.19. The molecule has 0 spiro atoms. The lowest BCUT2D eigenvalue weighted by molar-refractivity contribution is -0.122. The number of amides is 1. The van der Waals surface area contributed by atoms with E-state index in [9.17, 15) is 4.79 Å². The number of rotatable bonds is 3. The third-order valence-corrected chi connectivity index (χ3v) is 5.19. The summed E-state index contributed by atoms with van der Waals surface area (Å²) in [5.74, 6) is 0.464. The Morgan fingerprint density at radius 2 is 2.08 bits per heavy atom. The second-order valence-electron chi connectivity index (χ2n) is 7.78. The monoisotopic (exact) mass is 340 g/mol. The first kappa shape index (κ1) is 19.0. The molecule has 1 aliphatic rings. The zero-order valence-electron chi connectivity index (χ0n) is 14.8. The van der Waals surface area contributed by atoms with Gasteiger partial charge >= 0.3 is 0 Å². The van der Waals surface area contributed by atoms with Crippen LogP contribution in [0.25, 0.3) is 11.0 Å². The van der Waals surface area contributed by atoms with Gasteiger partial charge in [0.1, 0.15) is 0 Å². The Hall–Kier alpha value is -2.35. The molecule has 1 atom stereocenters. The summed E-state index contributed by atoms with van der Waals surface area (Å²) in [5.41, 5.74) is 2.26. The summed E-state index contributed by atoms with van der Waals surface area (Å²) in [6, 6.07) is 8.02. The number of nitrogens with one attached hydrogen (secondary N) is 1. The zero-order valence-corrected chi connectivity index (χ0v) is 14.8. The second-order valence-corrected chi connectivity index (χ2v) is 7.78. The van der Waals surface area contributed by atoms with E-state index >= 15 is 0 Å². The van der Waals surface area contributed by atoms with Gasteiger partial charge in [0, 0.05) is 12.0 Å². The molecule has 0 radical (unpaired) electrons. The lowest BCUT2D eigenvalue weighted by Gasteiger charge is -2.30. The average molecular weight is 340 g/mol. The number of carbonyl (C=O) groups excluding carboxylic acids is 1. The molecular weight excluding hydrogens is 312 g/mol. The van der Waals surface area contributed by atoms with E-state index in [0.717, 1.165) is 23.9 Å². The van der Waals surface area contributed by atoms with Crippen molar-refractivity contribution in [2.45, 2.75) is 60.4 Å². The van der Waals surface area contributed by atoms with Crippen molar-refractivity contribution in [3.05, 3.63) is 23.8 Å². The number of nitriles is 1. The standard InChI is InChI=1S/C19H24N4O.CH4/c1-12(19(2,3)4)17(24)22-18-21-15-9-8-13(11-20)10-16(15)23(18)14-6-5-7-14;/h8-10,12,14H,5-7H2,1-4H3,(H,21,22,24);1H4. The number of nitrogens with zero attached hydrogens (tertiary/aromatic N) is 3. The number of imidazole rings is 1. The highest BCUT2D eigenvalue weighted by atomic mass is 16.2. The van der Waals surface area contributed by atoms with Crippen LogP contribution in [0, 0.1) is 22.7 Å². The first-order chi connectivity index (χ1) is 11.3. The zero-order chi connectivity index (χ0) is 17.5. The fourth-order valence-corrected chi connectivity index (χ4v) is 2.88. The summed E-state index contributed by atoms with van der Waals surface area (Å²) in [4.78, 5) is 17.2. The summed E-state index contributed by atoms with van der Waals surface area (Å²) in [6.07, 6.45) is 3.36. The smallest absolute Gasteiger partial charge is 0.230 e. The van der Waals surface area contributed by atoms with Crippen molar-refractivity contribution in [2.24, 2.45) is 11.3 Å². The largest absolute Gasteiger partial charge is 0.307 e. The molecule has 1 aliphatic carbocycles. The molecule has 1 aromatic heterocycles. The first-order valence-corrected chi connectivity index (χ1v) is 8.54. The van der Waals surface area contributed by atoms with Gasteiger partial charge in [-0.3, -0.25) is 10.1 Å². The molecular formula is C20H28N4O. The number of aromatic nitrogens is 2. The molecule has 3 rings (SSSR count). The lowest BCUT2D eigenvalue weighted by atomic mass is 9.81. The predicted octanol–water partition coefficient (Wildman–Crippen LogP) is 4.89. The maximum atomic E-state index is 12.6. The summed E-state index contributed by atoms with van der Waals surface area (Å²) in [5, 5.41) is 12.2. The maximum Gasteiger partial charge on any atom is 0.230 e. The molecule has 1 heterocycles. The normalized spacial score (nSPS) is 15.8. The summed E-state index contributed by atoms with van der Waals surface area (Å²) in [7, 11) is 0. The van der Waals surface area contributed by atoms with Crippen LogP contribution >= 0.6 is 0 Å². The average Bonchev–Trinajstić information content (AvgIpc) is 2.81. The molecule has 2 aromatic rings. The summed E-state index contributed by atoms with van der Waals surface area (Å²) < 4.78 is 2.10. The van der Waals surface area contributed by atoms with Crippen molar-refractivity contribution in [2.75, 3.05) is 5.32 Å². The number of hydrogen-bond donors (Lipinski definition) is 1. The van der Waals surface area contributed by atoms with Crippen LogP contribution in [0.3, 0.4) is 0 Å². The van der Waals surface area contributed by atoms with Gasteiger partial charge < -0.3 is 4.57 Å². The van der Waals surface area contributed by atoms with E-state index in [1.54, 1.807) is 6.07 Å². The Bertz CT molecular complexity index is 819. The fourth-order valence-electron chi connectivity index (χ4n) is 2.88. The van der Waals surface area contributed by atoms with E-state index in [2.05, 4.69) is 41.7 Å². The molecule has 0 bridgehead atoms. The van der Waals surface area contributed by atoms with Crippen LogP contribution in [0.4, 0.5) is 5.95 Å². The van der Waals surface area contributed by atoms with E-state index < -0.39 is 0 Å². The minimum Gasteiger partial charge on any atom is -0.307 e. The van der Waals surface area contributed by atoms with E-state index in [4.69, 9.17) is 5.26 Å². The van der Waals surface area contributed by atoms with Crippen molar-refractivity contribution in [1.82, 2.24) is 9.55 Å². The van der Waals surface area contributed by atoms with Crippen LogP contribution in [0.2, 0.25) is 0 Å². The Balaban J connectivity index is 0.00000225. The van der Waals surface area contributed by atoms with E-state index in [0.29, 0.717) is 17.6 Å². The molecule has 0 aliphatic heterocycles. The van der Waals surface area contributed by atoms with Crippen LogP contribution in [-0.2, 0) is 4.79 Å². The van der Waals surface area contributed by atoms with Gasteiger partial charge in [0.05, 0.1) is 22.7 Å². The first-order valence-electron chi connectivity index (χ1n) is 8.54. The van der Waals surface area contributed by atoms with Gasteiger partial charge in [-0.15, -0.1) is 0 Å². The number of fused-ring (bicyclic) bond motifs is 1. The topological polar surface area (TPSA) is 70.7 Å². The Morgan fingerprint density at radius 1 is 1.40 bits per heavy atom. The Kier molecular flexibility index (Phi) is 5.22. The van der Waals surface area contributed by atoms with Gasteiger partial charge in [-0.1, -0.05) is 35.1 Å². The van der Waals surface area contributed by atoms with E-state index in [1.165, 1.54) is 6.42 Å². The van der Waals surface area contributed by atoms with Gasteiger partial charge in [-0.05, 0) is 42.9 Å². The minimum absolute atomic E-state index is 0. The quantitative estimate of drug-likeness (QED) is 0.864. The van der Waals surface area contributed by atoms with Crippen LogP contribution in [0.15, 0.2) is 18.2 Å². The molecule has 25 heavy (non-hydrogen) atoms. The predicted molar refractivity (Wildman–Crippen MR) is 101 cm³/mol. The van der Waals surface area contributed by atoms with Crippen molar-refractivity contribution < 1.29 is 4.79 Å². The minimum atomic E-state index is -0.123. The fraction of sp³-hybridized carbons (Fsp3) is 0.550. The van der Waals surface area contributed by atoms with Crippen molar-refractivity contribution >= 4 is 22.9 Å². The van der Waals surface area contributed by atoms with Crippen molar-refractivity contribution in [1.29, 1.82) is 5.26 Å². The van der Waals surface area contributed by atoms with E-state index in [-0.39, 0.29) is 24.7 Å². The van der Waals surface area contributed by atoms with Gasteiger partial charge in [0.15, 0.2) is 0 Å². The third kappa shape index (κ3) is 3.53. The van der Waals surface area contributed by atoms with Crippen LogP contribution < -0.4 is 5.32 Å². The highest BCUT2D eigenvalue weighted by molar-refractivity contribution is 5.93. The van der Waals surface area contributed by atoms with Gasteiger partial charge in [-0.2, -0.15) is 5.26 Å². The molecule has 1 aromatic carbocycles. The van der Waals surface area contributed by atoms with Gasteiger partial charge in [0.2, 0.25) is 11.9 Å². The van der Waals surface area contributed by atoms with Crippen LogP contribution in [0.1, 0.15) is 66.0 Å². The molecule has 1 amide bonds. The highest BCUT2D eigenvalue weighted by Crippen LogP contribution is 2.37. The molecule has 134 valence electrons. The van der Waals surface area contributed by atoms with Gasteiger partial charge in [-0.25, -0.2) is 4.98 Å². The van der Waals surface area contributed by atoms with Gasteiger partial charge in [0.25, 0.3) is 0 Å². The van der Waals surface area contributed by atoms with E-state index in [1.807, 2.05) is 19.1 Å². The number of hydrogen-bond acceptors (Lipinski definition) is 3. The van der Waals surface area contributed by atoms with Crippen molar-refractivity contribution in [3.8, 4) is 6.07 Å². The molecule has 1 fully saturated rings. The lowest BCUT2D eigenvalue weighted by Crippen LogP contribution is -2.32. The molecule has 5 heteroatoms. The van der Waals surface area contributed by atoms with Crippen LogP contribution in [-0.4, -0.2) is 15.5 Å². The molecule has 1 saturated carbocycles.